The van der Waals surface area contributed by atoms with E-state index in [1.165, 1.54) is 6.26 Å². The van der Waals surface area contributed by atoms with Crippen LogP contribution in [0.3, 0.4) is 0 Å². The van der Waals surface area contributed by atoms with E-state index in [1.54, 1.807) is 39.3 Å². The summed E-state index contributed by atoms with van der Waals surface area (Å²) in [6, 6.07) is 5.16. The lowest BCUT2D eigenvalue weighted by atomic mass is 9.99. The molecular weight excluding hydrogens is 244 g/mol. The van der Waals surface area contributed by atoms with Crippen LogP contribution < -0.4 is 9.47 Å². The molecule has 4 nitrogen and oxygen atoms in total. The Morgan fingerprint density at radius 2 is 1.68 bits per heavy atom. The zero-order chi connectivity index (χ0) is 14.0. The van der Waals surface area contributed by atoms with Crippen molar-refractivity contribution < 1.29 is 18.7 Å². The van der Waals surface area contributed by atoms with Crippen LogP contribution in [0.1, 0.15) is 27.2 Å². The van der Waals surface area contributed by atoms with Crippen molar-refractivity contribution in [2.45, 2.75) is 13.8 Å². The zero-order valence-electron chi connectivity index (χ0n) is 11.4. The van der Waals surface area contributed by atoms with Crippen molar-refractivity contribution in [1.82, 2.24) is 0 Å². The van der Waals surface area contributed by atoms with Gasteiger partial charge in [-0.1, -0.05) is 0 Å². The number of ether oxygens (including phenoxy) is 2. The van der Waals surface area contributed by atoms with Gasteiger partial charge in [0, 0.05) is 5.56 Å². The molecular formula is C15H16O4. The Morgan fingerprint density at radius 3 is 2.21 bits per heavy atom. The van der Waals surface area contributed by atoms with E-state index >= 15 is 0 Å². The molecule has 4 heteroatoms. The topological polar surface area (TPSA) is 48.7 Å². The van der Waals surface area contributed by atoms with E-state index in [9.17, 15) is 4.79 Å². The van der Waals surface area contributed by atoms with Gasteiger partial charge in [0.05, 0.1) is 26.0 Å². The first-order valence-corrected chi connectivity index (χ1v) is 5.90. The Bertz CT molecular complexity index is 611. The highest BCUT2D eigenvalue weighted by Gasteiger charge is 2.18. The average molecular weight is 260 g/mol. The maximum absolute atomic E-state index is 12.5. The Kier molecular flexibility index (Phi) is 3.60. The Labute approximate surface area is 111 Å². The van der Waals surface area contributed by atoms with Crippen molar-refractivity contribution in [1.29, 1.82) is 0 Å². The summed E-state index contributed by atoms with van der Waals surface area (Å²) in [6.45, 7) is 3.63. The molecule has 0 saturated carbocycles. The summed E-state index contributed by atoms with van der Waals surface area (Å²) in [5.41, 5.74) is 1.99. The first-order chi connectivity index (χ1) is 9.08. The van der Waals surface area contributed by atoms with Gasteiger partial charge in [0.2, 0.25) is 0 Å². The lowest BCUT2D eigenvalue weighted by Crippen LogP contribution is -2.05. The van der Waals surface area contributed by atoms with Crippen LogP contribution >= 0.6 is 0 Å². The Hall–Kier alpha value is -2.23. The zero-order valence-corrected chi connectivity index (χ0v) is 11.4. The second-order valence-electron chi connectivity index (χ2n) is 4.24. The number of aryl methyl sites for hydroxylation is 2. The van der Waals surface area contributed by atoms with E-state index in [1.807, 2.05) is 6.92 Å². The van der Waals surface area contributed by atoms with Crippen molar-refractivity contribution in [2.75, 3.05) is 14.2 Å². The number of benzene rings is 1. The molecule has 0 N–H and O–H groups in total. The van der Waals surface area contributed by atoms with Crippen LogP contribution in [0.4, 0.5) is 0 Å². The molecule has 0 bridgehead atoms. The molecule has 19 heavy (non-hydrogen) atoms. The highest BCUT2D eigenvalue weighted by atomic mass is 16.5. The van der Waals surface area contributed by atoms with Crippen LogP contribution in [0, 0.1) is 13.8 Å². The number of carbonyl (C=O) groups is 1. The average Bonchev–Trinajstić information content (AvgIpc) is 2.83. The molecule has 0 amide bonds. The standard InChI is InChI=1S/C15H16O4/c1-9-7-13(17-3)14(18-4)8-12(9)15(16)11-5-6-19-10(11)2/h5-8H,1-4H3. The third kappa shape index (κ3) is 2.34. The number of methoxy groups -OCH3 is 2. The van der Waals surface area contributed by atoms with E-state index in [-0.39, 0.29) is 5.78 Å². The van der Waals surface area contributed by atoms with Gasteiger partial charge in [-0.25, -0.2) is 0 Å². The second kappa shape index (κ2) is 5.18. The highest BCUT2D eigenvalue weighted by Crippen LogP contribution is 2.31. The van der Waals surface area contributed by atoms with E-state index in [2.05, 4.69) is 0 Å². The molecule has 1 aromatic heterocycles. The van der Waals surface area contributed by atoms with Crippen LogP contribution in [-0.4, -0.2) is 20.0 Å². The monoisotopic (exact) mass is 260 g/mol. The molecule has 0 saturated heterocycles. The minimum Gasteiger partial charge on any atom is -0.493 e. The molecule has 1 aromatic carbocycles. The molecule has 1 heterocycles. The van der Waals surface area contributed by atoms with Gasteiger partial charge in [-0.3, -0.25) is 4.79 Å². The normalized spacial score (nSPS) is 10.3. The molecule has 0 aliphatic heterocycles. The molecule has 0 aliphatic rings. The van der Waals surface area contributed by atoms with Gasteiger partial charge in [-0.05, 0) is 37.6 Å². The van der Waals surface area contributed by atoms with Gasteiger partial charge in [0.25, 0.3) is 0 Å². The second-order valence-corrected chi connectivity index (χ2v) is 4.24. The van der Waals surface area contributed by atoms with Crippen LogP contribution in [-0.2, 0) is 0 Å². The molecule has 0 fully saturated rings. The molecule has 0 radical (unpaired) electrons. The lowest BCUT2D eigenvalue weighted by molar-refractivity contribution is 0.103. The summed E-state index contributed by atoms with van der Waals surface area (Å²) in [4.78, 5) is 12.5. The highest BCUT2D eigenvalue weighted by molar-refractivity contribution is 6.10. The Morgan fingerprint density at radius 1 is 1.05 bits per heavy atom. The summed E-state index contributed by atoms with van der Waals surface area (Å²) >= 11 is 0. The largest absolute Gasteiger partial charge is 0.493 e. The quantitative estimate of drug-likeness (QED) is 0.792. The molecule has 0 spiro atoms. The van der Waals surface area contributed by atoms with Crippen molar-refractivity contribution >= 4 is 5.78 Å². The first-order valence-electron chi connectivity index (χ1n) is 5.90. The van der Waals surface area contributed by atoms with Gasteiger partial charge in [0.1, 0.15) is 5.76 Å². The molecule has 2 aromatic rings. The van der Waals surface area contributed by atoms with E-state index in [0.29, 0.717) is 28.4 Å². The number of hydrogen-bond acceptors (Lipinski definition) is 4. The third-order valence-corrected chi connectivity index (χ3v) is 3.08. The van der Waals surface area contributed by atoms with Crippen LogP contribution in [0.2, 0.25) is 0 Å². The van der Waals surface area contributed by atoms with E-state index < -0.39 is 0 Å². The van der Waals surface area contributed by atoms with Crippen molar-refractivity contribution in [3.05, 3.63) is 46.9 Å². The van der Waals surface area contributed by atoms with Crippen LogP contribution in [0.25, 0.3) is 0 Å². The molecule has 100 valence electrons. The van der Waals surface area contributed by atoms with Gasteiger partial charge in [-0.15, -0.1) is 0 Å². The summed E-state index contributed by atoms with van der Waals surface area (Å²) in [5.74, 6) is 1.68. The number of ketones is 1. The van der Waals surface area contributed by atoms with Gasteiger partial charge in [-0.2, -0.15) is 0 Å². The Balaban J connectivity index is 2.51. The number of carbonyl (C=O) groups excluding carboxylic acids is 1. The fraction of sp³-hybridized carbons (Fsp3) is 0.267. The van der Waals surface area contributed by atoms with Gasteiger partial charge >= 0.3 is 0 Å². The predicted molar refractivity (Wildman–Crippen MR) is 71.2 cm³/mol. The van der Waals surface area contributed by atoms with Crippen molar-refractivity contribution in [3.8, 4) is 11.5 Å². The molecule has 0 atom stereocenters. The van der Waals surface area contributed by atoms with Crippen molar-refractivity contribution in [3.63, 3.8) is 0 Å². The molecule has 2 rings (SSSR count). The minimum absolute atomic E-state index is 0.0790. The number of furan rings is 1. The minimum atomic E-state index is -0.0790. The summed E-state index contributed by atoms with van der Waals surface area (Å²) in [6.07, 6.45) is 1.51. The van der Waals surface area contributed by atoms with Crippen molar-refractivity contribution in [2.24, 2.45) is 0 Å². The predicted octanol–water partition coefficient (Wildman–Crippen LogP) is 3.14. The summed E-state index contributed by atoms with van der Waals surface area (Å²) < 4.78 is 15.6. The lowest BCUT2D eigenvalue weighted by Gasteiger charge is -2.11. The fourth-order valence-corrected chi connectivity index (χ4v) is 1.99. The maximum Gasteiger partial charge on any atom is 0.196 e. The summed E-state index contributed by atoms with van der Waals surface area (Å²) in [5, 5.41) is 0. The summed E-state index contributed by atoms with van der Waals surface area (Å²) in [7, 11) is 3.11. The van der Waals surface area contributed by atoms with Crippen LogP contribution in [0.15, 0.2) is 28.9 Å². The number of hydrogen-bond donors (Lipinski definition) is 0. The fourth-order valence-electron chi connectivity index (χ4n) is 1.99. The number of rotatable bonds is 4. The molecule has 0 aliphatic carbocycles. The van der Waals surface area contributed by atoms with E-state index in [4.69, 9.17) is 13.9 Å². The van der Waals surface area contributed by atoms with Crippen LogP contribution in [0.5, 0.6) is 11.5 Å². The third-order valence-electron chi connectivity index (χ3n) is 3.08. The first kappa shape index (κ1) is 13.2. The maximum atomic E-state index is 12.5. The van der Waals surface area contributed by atoms with E-state index in [0.717, 1.165) is 5.56 Å². The SMILES string of the molecule is COc1cc(C)c(C(=O)c2ccoc2C)cc1OC. The smallest absolute Gasteiger partial charge is 0.196 e. The van der Waals surface area contributed by atoms with Gasteiger partial charge in [0.15, 0.2) is 17.3 Å². The van der Waals surface area contributed by atoms with Gasteiger partial charge < -0.3 is 13.9 Å². The molecule has 0 unspecified atom stereocenters.